The molecule has 0 bridgehead atoms. The maximum atomic E-state index is 5.59. The zero-order valence-corrected chi connectivity index (χ0v) is 12.2. The third kappa shape index (κ3) is 10.9. The molecule has 0 fully saturated rings. The molecule has 0 aliphatic carbocycles. The SMILES string of the molecule is CCSCC(C)(C)CCCCCC(N)S. The second-order valence-electron chi connectivity index (χ2n) is 4.97. The first-order chi connectivity index (χ1) is 6.98. The molecule has 3 heteroatoms. The monoisotopic (exact) mass is 249 g/mol. The van der Waals surface area contributed by atoms with Crippen LogP contribution in [0.1, 0.15) is 52.9 Å². The fourth-order valence-electron chi connectivity index (χ4n) is 1.58. The Balaban J connectivity index is 3.40. The van der Waals surface area contributed by atoms with Crippen molar-refractivity contribution >= 4 is 24.4 Å². The van der Waals surface area contributed by atoms with E-state index >= 15 is 0 Å². The lowest BCUT2D eigenvalue weighted by Crippen LogP contribution is -2.15. The summed E-state index contributed by atoms with van der Waals surface area (Å²) >= 11 is 6.23. The molecular formula is C12H27NS2. The Hall–Kier alpha value is 0.660. The summed E-state index contributed by atoms with van der Waals surface area (Å²) in [6, 6.07) is 0. The van der Waals surface area contributed by atoms with Gasteiger partial charge in [-0.05, 0) is 29.8 Å². The summed E-state index contributed by atoms with van der Waals surface area (Å²) in [7, 11) is 0. The number of hydrogen-bond acceptors (Lipinski definition) is 3. The van der Waals surface area contributed by atoms with E-state index < -0.39 is 0 Å². The number of thioether (sulfide) groups is 1. The molecule has 0 aromatic rings. The first kappa shape index (κ1) is 15.7. The average molecular weight is 249 g/mol. The molecule has 0 saturated carbocycles. The van der Waals surface area contributed by atoms with Crippen molar-refractivity contribution in [3.63, 3.8) is 0 Å². The summed E-state index contributed by atoms with van der Waals surface area (Å²) in [5, 5.41) is 0.0775. The van der Waals surface area contributed by atoms with Crippen molar-refractivity contribution in [1.29, 1.82) is 0 Å². The summed E-state index contributed by atoms with van der Waals surface area (Å²) in [6.07, 6.45) is 6.24. The highest BCUT2D eigenvalue weighted by Crippen LogP contribution is 2.28. The van der Waals surface area contributed by atoms with Gasteiger partial charge >= 0.3 is 0 Å². The van der Waals surface area contributed by atoms with Gasteiger partial charge in [-0.1, -0.05) is 40.0 Å². The molecule has 15 heavy (non-hydrogen) atoms. The van der Waals surface area contributed by atoms with Gasteiger partial charge in [-0.3, -0.25) is 0 Å². The minimum absolute atomic E-state index is 0.0775. The maximum absolute atomic E-state index is 5.59. The van der Waals surface area contributed by atoms with Crippen LogP contribution in [0.2, 0.25) is 0 Å². The smallest absolute Gasteiger partial charge is 0.0477 e. The van der Waals surface area contributed by atoms with Gasteiger partial charge < -0.3 is 5.73 Å². The van der Waals surface area contributed by atoms with E-state index in [9.17, 15) is 0 Å². The second kappa shape index (κ2) is 8.77. The fourth-order valence-corrected chi connectivity index (χ4v) is 2.67. The number of rotatable bonds is 9. The number of thiol groups is 1. The minimum Gasteiger partial charge on any atom is -0.320 e. The largest absolute Gasteiger partial charge is 0.320 e. The van der Waals surface area contributed by atoms with Crippen LogP contribution in [0.15, 0.2) is 0 Å². The van der Waals surface area contributed by atoms with Gasteiger partial charge in [-0.15, -0.1) is 0 Å². The molecule has 0 heterocycles. The normalized spacial score (nSPS) is 14.2. The fraction of sp³-hybridized carbons (Fsp3) is 1.00. The molecule has 0 spiro atoms. The van der Waals surface area contributed by atoms with Crippen LogP contribution in [0, 0.1) is 5.41 Å². The van der Waals surface area contributed by atoms with Crippen molar-refractivity contribution < 1.29 is 0 Å². The summed E-state index contributed by atoms with van der Waals surface area (Å²) < 4.78 is 0. The number of hydrogen-bond donors (Lipinski definition) is 2. The molecule has 1 unspecified atom stereocenters. The van der Waals surface area contributed by atoms with Crippen LogP contribution in [-0.4, -0.2) is 16.9 Å². The summed E-state index contributed by atoms with van der Waals surface area (Å²) in [5.41, 5.74) is 6.09. The molecule has 0 aromatic heterocycles. The van der Waals surface area contributed by atoms with Crippen LogP contribution in [-0.2, 0) is 0 Å². The zero-order valence-electron chi connectivity index (χ0n) is 10.5. The van der Waals surface area contributed by atoms with E-state index in [1.807, 2.05) is 0 Å². The highest BCUT2D eigenvalue weighted by Gasteiger charge is 2.16. The Bertz CT molecular complexity index is 147. The molecule has 0 aliphatic rings. The lowest BCUT2D eigenvalue weighted by atomic mass is 9.89. The van der Waals surface area contributed by atoms with Gasteiger partial charge in [0.15, 0.2) is 0 Å². The summed E-state index contributed by atoms with van der Waals surface area (Å²) in [6.45, 7) is 6.98. The summed E-state index contributed by atoms with van der Waals surface area (Å²) in [4.78, 5) is 0. The molecule has 1 nitrogen and oxygen atoms in total. The van der Waals surface area contributed by atoms with Crippen LogP contribution in [0.3, 0.4) is 0 Å². The van der Waals surface area contributed by atoms with Crippen molar-refractivity contribution in [1.82, 2.24) is 0 Å². The Labute approximate surface area is 105 Å². The van der Waals surface area contributed by atoms with E-state index in [1.54, 1.807) is 0 Å². The Morgan fingerprint density at radius 2 is 1.93 bits per heavy atom. The molecule has 92 valence electrons. The lowest BCUT2D eigenvalue weighted by Gasteiger charge is -2.23. The van der Waals surface area contributed by atoms with Crippen molar-refractivity contribution in [2.75, 3.05) is 11.5 Å². The average Bonchev–Trinajstić information content (AvgIpc) is 2.14. The van der Waals surface area contributed by atoms with Crippen molar-refractivity contribution in [2.24, 2.45) is 11.1 Å². The predicted octanol–water partition coefficient (Wildman–Crippen LogP) is 3.93. The van der Waals surface area contributed by atoms with E-state index in [0.29, 0.717) is 5.41 Å². The van der Waals surface area contributed by atoms with E-state index in [4.69, 9.17) is 5.73 Å². The Kier molecular flexibility index (Phi) is 9.16. The molecule has 0 amide bonds. The molecule has 0 saturated heterocycles. The van der Waals surface area contributed by atoms with E-state index in [2.05, 4.69) is 45.2 Å². The van der Waals surface area contributed by atoms with E-state index in [1.165, 1.54) is 37.2 Å². The van der Waals surface area contributed by atoms with Gasteiger partial charge in [0, 0.05) is 5.37 Å². The van der Waals surface area contributed by atoms with Crippen LogP contribution in [0.25, 0.3) is 0 Å². The van der Waals surface area contributed by atoms with Gasteiger partial charge in [0.25, 0.3) is 0 Å². The van der Waals surface area contributed by atoms with E-state index in [-0.39, 0.29) is 5.37 Å². The van der Waals surface area contributed by atoms with E-state index in [0.717, 1.165) is 6.42 Å². The third-order valence-electron chi connectivity index (χ3n) is 2.55. The first-order valence-corrected chi connectivity index (χ1v) is 7.66. The zero-order chi connectivity index (χ0) is 11.7. The lowest BCUT2D eigenvalue weighted by molar-refractivity contribution is 0.365. The quantitative estimate of drug-likeness (QED) is 0.368. The highest BCUT2D eigenvalue weighted by atomic mass is 32.2. The van der Waals surface area contributed by atoms with Crippen molar-refractivity contribution in [3.05, 3.63) is 0 Å². The van der Waals surface area contributed by atoms with Gasteiger partial charge in [-0.2, -0.15) is 24.4 Å². The van der Waals surface area contributed by atoms with Gasteiger partial charge in [0.2, 0.25) is 0 Å². The Morgan fingerprint density at radius 1 is 1.27 bits per heavy atom. The van der Waals surface area contributed by atoms with Gasteiger partial charge in [0.1, 0.15) is 0 Å². The van der Waals surface area contributed by atoms with Gasteiger partial charge in [-0.25, -0.2) is 0 Å². The molecule has 0 aliphatic heterocycles. The molecule has 1 atom stereocenters. The second-order valence-corrected chi connectivity index (χ2v) is 6.91. The molecular weight excluding hydrogens is 222 g/mol. The molecule has 2 N–H and O–H groups in total. The summed E-state index contributed by atoms with van der Waals surface area (Å²) in [5.74, 6) is 2.52. The van der Waals surface area contributed by atoms with Crippen molar-refractivity contribution in [3.8, 4) is 0 Å². The van der Waals surface area contributed by atoms with Gasteiger partial charge in [0.05, 0.1) is 0 Å². The maximum Gasteiger partial charge on any atom is 0.0477 e. The van der Waals surface area contributed by atoms with Crippen LogP contribution < -0.4 is 5.73 Å². The molecule has 0 aromatic carbocycles. The number of unbranched alkanes of at least 4 members (excludes halogenated alkanes) is 2. The molecule has 0 radical (unpaired) electrons. The predicted molar refractivity (Wildman–Crippen MR) is 76.8 cm³/mol. The van der Waals surface area contributed by atoms with Crippen molar-refractivity contribution in [2.45, 2.75) is 58.2 Å². The minimum atomic E-state index is 0.0775. The first-order valence-electron chi connectivity index (χ1n) is 5.99. The molecule has 0 rings (SSSR count). The Morgan fingerprint density at radius 3 is 2.47 bits per heavy atom. The number of nitrogens with two attached hydrogens (primary N) is 1. The van der Waals surface area contributed by atoms with Crippen LogP contribution >= 0.6 is 24.4 Å². The third-order valence-corrected chi connectivity index (χ3v) is 4.20. The topological polar surface area (TPSA) is 26.0 Å². The van der Waals surface area contributed by atoms with Crippen LogP contribution in [0.5, 0.6) is 0 Å². The standard InChI is InChI=1S/C12H27NS2/c1-4-15-10-12(2,3)9-7-5-6-8-11(13)14/h11,14H,4-10,13H2,1-3H3. The van der Waals surface area contributed by atoms with Crippen LogP contribution in [0.4, 0.5) is 0 Å². The highest BCUT2D eigenvalue weighted by molar-refractivity contribution is 7.99.